The Morgan fingerprint density at radius 3 is 1.62 bits per heavy atom. The van der Waals surface area contributed by atoms with Crippen molar-refractivity contribution in [2.24, 2.45) is 0 Å². The molecule has 1 aliphatic rings. The number of carbonyl (C=O) groups is 2. The van der Waals surface area contributed by atoms with Crippen molar-refractivity contribution >= 4 is 19.1 Å². The Morgan fingerprint density at radius 1 is 0.757 bits per heavy atom. The van der Waals surface area contributed by atoms with Gasteiger partial charge in [-0.2, -0.15) is 0 Å². The molecule has 1 heterocycles. The van der Waals surface area contributed by atoms with Crippen molar-refractivity contribution in [1.82, 2.24) is 0 Å². The second-order valence-corrected chi connectivity index (χ2v) is 9.63. The van der Waals surface area contributed by atoms with Crippen LogP contribution in [0.2, 0.25) is 0 Å². The molecule has 0 unspecified atom stereocenters. The normalized spacial score (nSPS) is 16.3. The minimum atomic E-state index is -0.595. The number of carbonyl (C=O) groups excluding carboxylic acids is 2. The van der Waals surface area contributed by atoms with Crippen LogP contribution < -0.4 is 9.47 Å². The van der Waals surface area contributed by atoms with E-state index in [1.807, 2.05) is 33.8 Å². The van der Waals surface area contributed by atoms with Gasteiger partial charge in [-0.05, 0) is 94.5 Å². The molecule has 8 nitrogen and oxygen atoms in total. The van der Waals surface area contributed by atoms with Gasteiger partial charge in [-0.15, -0.1) is 0 Å². The first-order valence-electron chi connectivity index (χ1n) is 12.2. The fourth-order valence-corrected chi connectivity index (χ4v) is 3.59. The molecule has 0 aromatic heterocycles. The molecule has 0 amide bonds. The summed E-state index contributed by atoms with van der Waals surface area (Å²) in [6.07, 6.45) is 2.78. The van der Waals surface area contributed by atoms with E-state index in [0.29, 0.717) is 35.5 Å². The highest BCUT2D eigenvalue weighted by Gasteiger charge is 2.52. The minimum Gasteiger partial charge on any atom is -0.497 e. The largest absolute Gasteiger partial charge is 0.497 e. The standard InChI is InChI=1S/C28H35BO8/c1-27(2)28(3,4)37-29(36-27)22(17-19-35-26(31)21-11-15-24(33-6)16-12-21)8-7-18-34-25(30)20-9-13-23(32-5)14-10-20/h8-16H,7,17-19H2,1-6H3. The smallest absolute Gasteiger partial charge is 0.490 e. The van der Waals surface area contributed by atoms with Gasteiger partial charge in [0.1, 0.15) is 11.5 Å². The second kappa shape index (κ2) is 12.3. The van der Waals surface area contributed by atoms with Crippen LogP contribution in [-0.4, -0.2) is 57.7 Å². The summed E-state index contributed by atoms with van der Waals surface area (Å²) in [6, 6.07) is 13.5. The topological polar surface area (TPSA) is 89.5 Å². The molecule has 198 valence electrons. The van der Waals surface area contributed by atoms with Crippen molar-refractivity contribution in [2.45, 2.75) is 51.7 Å². The SMILES string of the molecule is COc1ccc(C(=O)OCCC=C(CCOC(=O)c2ccc(OC)cc2)B2OC(C)(C)C(C)(C)O2)cc1. The monoisotopic (exact) mass is 510 g/mol. The number of rotatable bonds is 11. The quantitative estimate of drug-likeness (QED) is 0.236. The summed E-state index contributed by atoms with van der Waals surface area (Å²) >= 11 is 0. The summed E-state index contributed by atoms with van der Waals surface area (Å²) in [4.78, 5) is 24.8. The molecule has 9 heteroatoms. The Bertz CT molecular complexity index is 1070. The third kappa shape index (κ3) is 7.36. The van der Waals surface area contributed by atoms with Crippen LogP contribution in [0.4, 0.5) is 0 Å². The first kappa shape index (κ1) is 28.3. The Labute approximate surface area is 219 Å². The molecule has 0 aliphatic carbocycles. The van der Waals surface area contributed by atoms with Gasteiger partial charge in [0.05, 0.1) is 49.8 Å². The van der Waals surface area contributed by atoms with Crippen LogP contribution >= 0.6 is 0 Å². The van der Waals surface area contributed by atoms with Gasteiger partial charge >= 0.3 is 19.1 Å². The van der Waals surface area contributed by atoms with Crippen molar-refractivity contribution < 1.29 is 37.8 Å². The van der Waals surface area contributed by atoms with Crippen LogP contribution in [0.3, 0.4) is 0 Å². The van der Waals surface area contributed by atoms with Crippen molar-refractivity contribution in [2.75, 3.05) is 27.4 Å². The molecule has 0 saturated carbocycles. The summed E-state index contributed by atoms with van der Waals surface area (Å²) in [5, 5.41) is 0. The molecular weight excluding hydrogens is 475 g/mol. The van der Waals surface area contributed by atoms with Crippen LogP contribution in [0, 0.1) is 0 Å². The maximum absolute atomic E-state index is 12.5. The Kier molecular flexibility index (Phi) is 9.40. The van der Waals surface area contributed by atoms with Crippen LogP contribution in [0.5, 0.6) is 11.5 Å². The molecule has 2 aromatic carbocycles. The molecule has 0 atom stereocenters. The van der Waals surface area contributed by atoms with Gasteiger partial charge in [0.2, 0.25) is 0 Å². The molecule has 0 radical (unpaired) electrons. The van der Waals surface area contributed by atoms with E-state index in [-0.39, 0.29) is 13.2 Å². The molecule has 3 rings (SSSR count). The average molecular weight is 510 g/mol. The van der Waals surface area contributed by atoms with Gasteiger partial charge in [-0.3, -0.25) is 0 Å². The minimum absolute atomic E-state index is 0.145. The molecule has 1 aliphatic heterocycles. The van der Waals surface area contributed by atoms with Crippen LogP contribution in [0.25, 0.3) is 0 Å². The predicted molar refractivity (Wildman–Crippen MR) is 140 cm³/mol. The summed E-state index contributed by atoms with van der Waals surface area (Å²) in [5.74, 6) is 0.487. The molecule has 1 saturated heterocycles. The van der Waals surface area contributed by atoms with E-state index in [2.05, 4.69) is 0 Å². The number of hydrogen-bond donors (Lipinski definition) is 0. The van der Waals surface area contributed by atoms with Gasteiger partial charge in [-0.25, -0.2) is 9.59 Å². The van der Waals surface area contributed by atoms with Gasteiger partial charge in [0.15, 0.2) is 0 Å². The predicted octanol–water partition coefficient (Wildman–Crippen LogP) is 5.06. The lowest BCUT2D eigenvalue weighted by atomic mass is 9.75. The van der Waals surface area contributed by atoms with Crippen molar-refractivity contribution in [3.8, 4) is 11.5 Å². The zero-order valence-electron chi connectivity index (χ0n) is 22.4. The van der Waals surface area contributed by atoms with Crippen molar-refractivity contribution in [1.29, 1.82) is 0 Å². The van der Waals surface area contributed by atoms with Gasteiger partial charge in [-0.1, -0.05) is 6.08 Å². The van der Waals surface area contributed by atoms with Gasteiger partial charge in [0.25, 0.3) is 0 Å². The lowest BCUT2D eigenvalue weighted by molar-refractivity contribution is 0.00578. The van der Waals surface area contributed by atoms with Gasteiger partial charge in [0, 0.05) is 0 Å². The summed E-state index contributed by atoms with van der Waals surface area (Å²) in [5.41, 5.74) is 0.671. The highest BCUT2D eigenvalue weighted by Crippen LogP contribution is 2.39. The van der Waals surface area contributed by atoms with E-state index in [4.69, 9.17) is 28.3 Å². The lowest BCUT2D eigenvalue weighted by Crippen LogP contribution is -2.41. The van der Waals surface area contributed by atoms with E-state index in [1.54, 1.807) is 62.8 Å². The van der Waals surface area contributed by atoms with Gasteiger partial charge < -0.3 is 28.3 Å². The van der Waals surface area contributed by atoms with E-state index in [0.717, 1.165) is 5.47 Å². The van der Waals surface area contributed by atoms with E-state index in [9.17, 15) is 9.59 Å². The van der Waals surface area contributed by atoms with Crippen molar-refractivity contribution in [3.63, 3.8) is 0 Å². The summed E-state index contributed by atoms with van der Waals surface area (Å²) in [6.45, 7) is 8.23. The number of esters is 2. The maximum atomic E-state index is 12.5. The molecule has 0 N–H and O–H groups in total. The van der Waals surface area contributed by atoms with E-state index < -0.39 is 30.3 Å². The van der Waals surface area contributed by atoms with Crippen LogP contribution in [-0.2, 0) is 18.8 Å². The molecule has 0 spiro atoms. The van der Waals surface area contributed by atoms with Crippen LogP contribution in [0.1, 0.15) is 61.3 Å². The Morgan fingerprint density at radius 2 is 1.19 bits per heavy atom. The number of hydrogen-bond acceptors (Lipinski definition) is 8. The van der Waals surface area contributed by atoms with Crippen molar-refractivity contribution in [3.05, 3.63) is 71.2 Å². The number of methoxy groups -OCH3 is 2. The summed E-state index contributed by atoms with van der Waals surface area (Å²) < 4.78 is 33.5. The van der Waals surface area contributed by atoms with Crippen LogP contribution in [0.15, 0.2) is 60.1 Å². The van der Waals surface area contributed by atoms with E-state index >= 15 is 0 Å². The molecular formula is C28H35BO8. The highest BCUT2D eigenvalue weighted by atomic mass is 16.7. The molecule has 37 heavy (non-hydrogen) atoms. The zero-order chi connectivity index (χ0) is 27.1. The number of benzene rings is 2. The fraction of sp³-hybridized carbons (Fsp3) is 0.429. The molecule has 0 bridgehead atoms. The second-order valence-electron chi connectivity index (χ2n) is 9.63. The Hall–Kier alpha value is -3.30. The lowest BCUT2D eigenvalue weighted by Gasteiger charge is -2.32. The number of ether oxygens (including phenoxy) is 4. The molecule has 1 fully saturated rings. The average Bonchev–Trinajstić information content (AvgIpc) is 3.11. The Balaban J connectivity index is 1.60. The first-order valence-corrected chi connectivity index (χ1v) is 12.2. The molecule has 2 aromatic rings. The first-order chi connectivity index (χ1) is 17.6. The zero-order valence-corrected chi connectivity index (χ0v) is 22.4. The highest BCUT2D eigenvalue weighted by molar-refractivity contribution is 6.54. The third-order valence-corrected chi connectivity index (χ3v) is 6.59. The van der Waals surface area contributed by atoms with E-state index in [1.165, 1.54) is 0 Å². The maximum Gasteiger partial charge on any atom is 0.490 e. The third-order valence-electron chi connectivity index (χ3n) is 6.59. The summed E-state index contributed by atoms with van der Waals surface area (Å²) in [7, 11) is 2.54. The fourth-order valence-electron chi connectivity index (χ4n) is 3.59.